The summed E-state index contributed by atoms with van der Waals surface area (Å²) in [4.78, 5) is 34.4. The fourth-order valence-electron chi connectivity index (χ4n) is 4.71. The molecule has 6 rings (SSSR count). The maximum absolute atomic E-state index is 13.1. The predicted molar refractivity (Wildman–Crippen MR) is 133 cm³/mol. The number of carbonyl (C=O) groups excluding carboxylic acids is 1. The number of hydrogen-bond acceptors (Lipinski definition) is 7. The molecule has 8 nitrogen and oxygen atoms in total. The second kappa shape index (κ2) is 8.08. The Kier molecular flexibility index (Phi) is 4.91. The summed E-state index contributed by atoms with van der Waals surface area (Å²) in [6, 6.07) is 16.3. The molecule has 0 saturated carbocycles. The quantitative estimate of drug-likeness (QED) is 0.505. The number of piperazine rings is 1. The highest BCUT2D eigenvalue weighted by molar-refractivity contribution is 7.14. The number of nitrogens with zero attached hydrogens (tertiary/aromatic N) is 6. The van der Waals surface area contributed by atoms with E-state index in [2.05, 4.69) is 43.8 Å². The van der Waals surface area contributed by atoms with Gasteiger partial charge in [0.15, 0.2) is 5.82 Å². The summed E-state index contributed by atoms with van der Waals surface area (Å²) in [6.45, 7) is 4.15. The lowest BCUT2D eigenvalue weighted by atomic mass is 10.2. The first kappa shape index (κ1) is 20.0. The summed E-state index contributed by atoms with van der Waals surface area (Å²) in [5.74, 6) is 0.976. The Morgan fingerprint density at radius 3 is 2.61 bits per heavy atom. The molecule has 4 aromatic rings. The van der Waals surface area contributed by atoms with Crippen molar-refractivity contribution in [3.63, 3.8) is 0 Å². The molecule has 4 heterocycles. The zero-order valence-corrected chi connectivity index (χ0v) is 19.3. The Morgan fingerprint density at radius 1 is 1.03 bits per heavy atom. The third-order valence-electron chi connectivity index (χ3n) is 6.42. The van der Waals surface area contributed by atoms with Crippen molar-refractivity contribution in [2.45, 2.75) is 0 Å². The number of fused-ring (bicyclic) bond motifs is 2. The average Bonchev–Trinajstić information content (AvgIpc) is 3.57. The molecule has 1 N–H and O–H groups in total. The van der Waals surface area contributed by atoms with Crippen molar-refractivity contribution in [1.82, 2.24) is 19.9 Å². The van der Waals surface area contributed by atoms with Crippen LogP contribution < -0.4 is 14.7 Å². The minimum absolute atomic E-state index is 0.182. The molecule has 33 heavy (non-hydrogen) atoms. The van der Waals surface area contributed by atoms with Gasteiger partial charge in [-0.1, -0.05) is 24.3 Å². The number of H-pyrrole nitrogens is 1. The molecule has 0 unspecified atom stereocenters. The van der Waals surface area contributed by atoms with E-state index in [9.17, 15) is 4.79 Å². The van der Waals surface area contributed by atoms with Gasteiger partial charge in [0.05, 0.1) is 41.1 Å². The molecule has 2 aromatic carbocycles. The molecule has 1 fully saturated rings. The molecular formula is C24H25N7OS. The van der Waals surface area contributed by atoms with E-state index < -0.39 is 0 Å². The van der Waals surface area contributed by atoms with Crippen molar-refractivity contribution >= 4 is 44.7 Å². The van der Waals surface area contributed by atoms with Crippen molar-refractivity contribution in [2.75, 3.05) is 61.1 Å². The van der Waals surface area contributed by atoms with Crippen LogP contribution in [0.3, 0.4) is 0 Å². The van der Waals surface area contributed by atoms with Gasteiger partial charge in [0, 0.05) is 33.2 Å². The van der Waals surface area contributed by atoms with Crippen molar-refractivity contribution < 1.29 is 4.79 Å². The van der Waals surface area contributed by atoms with Gasteiger partial charge < -0.3 is 24.6 Å². The van der Waals surface area contributed by atoms with Crippen LogP contribution in [0, 0.1) is 0 Å². The number of amides is 1. The van der Waals surface area contributed by atoms with Gasteiger partial charge in [-0.2, -0.15) is 0 Å². The molecule has 1 amide bonds. The number of thiazole rings is 1. The molecule has 168 valence electrons. The zero-order valence-electron chi connectivity index (χ0n) is 18.4. The number of nitrogens with one attached hydrogen (secondary N) is 1. The zero-order chi connectivity index (χ0) is 22.4. The van der Waals surface area contributed by atoms with Crippen molar-refractivity contribution in [2.24, 2.45) is 0 Å². The molecule has 0 aliphatic carbocycles. The summed E-state index contributed by atoms with van der Waals surface area (Å²) in [6.07, 6.45) is 0. The van der Waals surface area contributed by atoms with E-state index in [1.54, 1.807) is 11.3 Å². The molecule has 2 aliphatic heterocycles. The third kappa shape index (κ3) is 3.58. The first-order valence-corrected chi connectivity index (χ1v) is 12.0. The van der Waals surface area contributed by atoms with E-state index in [1.807, 2.05) is 46.8 Å². The van der Waals surface area contributed by atoms with Crippen LogP contribution in [0.25, 0.3) is 22.6 Å². The van der Waals surface area contributed by atoms with Crippen LogP contribution in [0.5, 0.6) is 0 Å². The highest BCUT2D eigenvalue weighted by Crippen LogP contribution is 2.35. The number of aromatic amines is 1. The number of para-hydroxylation sites is 4. The molecule has 9 heteroatoms. The van der Waals surface area contributed by atoms with E-state index in [-0.39, 0.29) is 5.91 Å². The Labute approximate surface area is 196 Å². The number of rotatable bonds is 4. The summed E-state index contributed by atoms with van der Waals surface area (Å²) in [5.41, 5.74) is 7.02. The second-order valence-electron chi connectivity index (χ2n) is 8.50. The summed E-state index contributed by atoms with van der Waals surface area (Å²) in [7, 11) is 2.07. The van der Waals surface area contributed by atoms with Crippen LogP contribution in [0.15, 0.2) is 54.0 Å². The number of imidazole rings is 1. The lowest BCUT2D eigenvalue weighted by Crippen LogP contribution is -2.51. The predicted octanol–water partition coefficient (Wildman–Crippen LogP) is 3.25. The Morgan fingerprint density at radius 2 is 1.79 bits per heavy atom. The van der Waals surface area contributed by atoms with Crippen LogP contribution in [-0.4, -0.2) is 72.2 Å². The number of benzene rings is 2. The van der Waals surface area contributed by atoms with E-state index in [4.69, 9.17) is 4.98 Å². The molecule has 0 radical (unpaired) electrons. The van der Waals surface area contributed by atoms with Gasteiger partial charge in [-0.05, 0) is 24.3 Å². The molecule has 1 saturated heterocycles. The van der Waals surface area contributed by atoms with Gasteiger partial charge in [-0.15, -0.1) is 11.3 Å². The number of carbonyl (C=O) groups is 1. The fraction of sp³-hybridized carbons (Fsp3) is 0.292. The summed E-state index contributed by atoms with van der Waals surface area (Å²) >= 11 is 1.63. The Balaban J connectivity index is 1.12. The molecule has 2 aromatic heterocycles. The van der Waals surface area contributed by atoms with Crippen LogP contribution in [0.2, 0.25) is 0 Å². The smallest absolute Gasteiger partial charge is 0.242 e. The normalized spacial score (nSPS) is 16.0. The van der Waals surface area contributed by atoms with E-state index >= 15 is 0 Å². The van der Waals surface area contributed by atoms with Gasteiger partial charge in [-0.3, -0.25) is 4.79 Å². The first-order valence-electron chi connectivity index (χ1n) is 11.1. The average molecular weight is 460 g/mol. The minimum Gasteiger partial charge on any atom is -0.358 e. The van der Waals surface area contributed by atoms with Crippen LogP contribution >= 0.6 is 11.3 Å². The van der Waals surface area contributed by atoms with Crippen molar-refractivity contribution in [3.8, 4) is 11.5 Å². The van der Waals surface area contributed by atoms with Gasteiger partial charge in [0.25, 0.3) is 0 Å². The van der Waals surface area contributed by atoms with Crippen LogP contribution in [0.1, 0.15) is 0 Å². The summed E-state index contributed by atoms with van der Waals surface area (Å²) in [5, 5.41) is 1.11. The maximum Gasteiger partial charge on any atom is 0.242 e. The Bertz CT molecular complexity index is 1270. The number of anilines is 3. The second-order valence-corrected chi connectivity index (χ2v) is 9.34. The topological polar surface area (TPSA) is 71.6 Å². The van der Waals surface area contributed by atoms with Crippen molar-refractivity contribution in [3.05, 3.63) is 54.0 Å². The van der Waals surface area contributed by atoms with Gasteiger partial charge in [-0.25, -0.2) is 9.97 Å². The van der Waals surface area contributed by atoms with Gasteiger partial charge >= 0.3 is 0 Å². The van der Waals surface area contributed by atoms with Crippen LogP contribution in [0.4, 0.5) is 16.4 Å². The molecule has 2 aliphatic rings. The molecule has 0 bridgehead atoms. The fourth-order valence-corrected chi connectivity index (χ4v) is 5.56. The van der Waals surface area contributed by atoms with Crippen molar-refractivity contribution in [1.29, 1.82) is 0 Å². The molecular weight excluding hydrogens is 434 g/mol. The van der Waals surface area contributed by atoms with E-state index in [0.717, 1.165) is 53.0 Å². The van der Waals surface area contributed by atoms with E-state index in [0.29, 0.717) is 19.6 Å². The largest absolute Gasteiger partial charge is 0.358 e. The lowest BCUT2D eigenvalue weighted by Gasteiger charge is -2.36. The third-order valence-corrected chi connectivity index (χ3v) is 7.31. The number of aromatic nitrogens is 3. The highest BCUT2D eigenvalue weighted by atomic mass is 32.1. The van der Waals surface area contributed by atoms with E-state index in [1.165, 1.54) is 5.69 Å². The molecule has 0 spiro atoms. The van der Waals surface area contributed by atoms with Gasteiger partial charge in [0.1, 0.15) is 10.7 Å². The van der Waals surface area contributed by atoms with Crippen LogP contribution in [-0.2, 0) is 4.79 Å². The lowest BCUT2D eigenvalue weighted by molar-refractivity contribution is -0.130. The first-order chi connectivity index (χ1) is 16.2. The van der Waals surface area contributed by atoms with Gasteiger partial charge in [0.2, 0.25) is 5.91 Å². The SMILES string of the molecule is CN1CN(CC(=O)N2CCN(c3scnc3-c3nc4ccccc4[nH]3)CC2)c2ccccc21. The number of hydrogen-bond donors (Lipinski definition) is 1. The Hall–Kier alpha value is -3.59. The maximum atomic E-state index is 13.1. The minimum atomic E-state index is 0.182. The monoisotopic (exact) mass is 459 g/mol. The summed E-state index contributed by atoms with van der Waals surface area (Å²) < 4.78 is 0. The highest BCUT2D eigenvalue weighted by Gasteiger charge is 2.29. The standard InChI is InChI=1S/C24H25N7OS/c1-28-16-31(20-9-5-4-8-19(20)28)14-21(32)29-10-12-30(13-11-29)24-22(25-15-33-24)23-26-17-6-2-3-7-18(17)27-23/h2-9,15H,10-14,16H2,1H3,(H,26,27). The molecule has 0 atom stereocenters.